The SMILES string of the molecule is COC(=O)/C=C/C(c1ccc2ccccc2c1)C1C=CCC=C1. The van der Waals surface area contributed by atoms with Crippen LogP contribution in [0.15, 0.2) is 78.9 Å². The number of esters is 1. The zero-order valence-electron chi connectivity index (χ0n) is 13.2. The van der Waals surface area contributed by atoms with Crippen LogP contribution in [-0.2, 0) is 9.53 Å². The lowest BCUT2D eigenvalue weighted by Crippen LogP contribution is -2.09. The predicted octanol–water partition coefficient (Wildman–Crippen LogP) is 4.78. The molecule has 1 aliphatic rings. The lowest BCUT2D eigenvalue weighted by Gasteiger charge is -2.21. The highest BCUT2D eigenvalue weighted by Gasteiger charge is 2.18. The molecule has 0 spiro atoms. The molecule has 116 valence electrons. The van der Waals surface area contributed by atoms with Gasteiger partial charge in [0.15, 0.2) is 0 Å². The molecular weight excluding hydrogens is 284 g/mol. The fraction of sp³-hybridized carbons (Fsp3) is 0.190. The second-order valence-electron chi connectivity index (χ2n) is 5.68. The summed E-state index contributed by atoms with van der Waals surface area (Å²) in [6.45, 7) is 0. The molecule has 23 heavy (non-hydrogen) atoms. The second-order valence-corrected chi connectivity index (χ2v) is 5.68. The molecule has 0 aliphatic heterocycles. The third kappa shape index (κ3) is 3.59. The molecule has 1 unspecified atom stereocenters. The number of carbonyl (C=O) groups is 1. The van der Waals surface area contributed by atoms with Gasteiger partial charge >= 0.3 is 5.97 Å². The van der Waals surface area contributed by atoms with E-state index in [0.29, 0.717) is 0 Å². The van der Waals surface area contributed by atoms with E-state index in [-0.39, 0.29) is 17.8 Å². The molecule has 1 aliphatic carbocycles. The highest BCUT2D eigenvalue weighted by atomic mass is 16.5. The lowest BCUT2D eigenvalue weighted by atomic mass is 9.82. The number of benzene rings is 2. The number of hydrogen-bond donors (Lipinski definition) is 0. The number of allylic oxidation sites excluding steroid dienone is 5. The van der Waals surface area contributed by atoms with Crippen molar-refractivity contribution in [2.45, 2.75) is 12.3 Å². The van der Waals surface area contributed by atoms with Crippen LogP contribution in [0, 0.1) is 5.92 Å². The molecule has 3 rings (SSSR count). The molecule has 0 N–H and O–H groups in total. The Balaban J connectivity index is 1.99. The van der Waals surface area contributed by atoms with E-state index in [1.807, 2.05) is 18.2 Å². The molecule has 2 aromatic rings. The van der Waals surface area contributed by atoms with Crippen molar-refractivity contribution in [2.75, 3.05) is 7.11 Å². The smallest absolute Gasteiger partial charge is 0.330 e. The van der Waals surface area contributed by atoms with Crippen LogP contribution in [0.5, 0.6) is 0 Å². The summed E-state index contributed by atoms with van der Waals surface area (Å²) in [7, 11) is 1.40. The van der Waals surface area contributed by atoms with Gasteiger partial charge in [0.25, 0.3) is 0 Å². The van der Waals surface area contributed by atoms with Crippen LogP contribution in [0.1, 0.15) is 17.9 Å². The van der Waals surface area contributed by atoms with Gasteiger partial charge in [-0.2, -0.15) is 0 Å². The van der Waals surface area contributed by atoms with E-state index in [0.717, 1.165) is 6.42 Å². The Morgan fingerprint density at radius 2 is 1.87 bits per heavy atom. The Hall–Kier alpha value is -2.61. The molecule has 0 bridgehead atoms. The van der Waals surface area contributed by atoms with Gasteiger partial charge in [-0.15, -0.1) is 0 Å². The normalized spacial score (nSPS) is 16.0. The standard InChI is InChI=1S/C21H20O2/c1-23-21(22)14-13-20(17-8-3-2-4-9-17)19-12-11-16-7-5-6-10-18(16)15-19/h3-15,17,20H,2H2,1H3/b14-13+. The van der Waals surface area contributed by atoms with E-state index in [1.165, 1.54) is 29.5 Å². The van der Waals surface area contributed by atoms with E-state index in [4.69, 9.17) is 4.74 Å². The first-order chi connectivity index (χ1) is 11.3. The zero-order valence-corrected chi connectivity index (χ0v) is 13.2. The van der Waals surface area contributed by atoms with Crippen molar-refractivity contribution in [3.05, 3.63) is 84.5 Å². The maximum Gasteiger partial charge on any atom is 0.330 e. The van der Waals surface area contributed by atoms with Gasteiger partial charge < -0.3 is 4.74 Å². The van der Waals surface area contributed by atoms with Crippen molar-refractivity contribution < 1.29 is 9.53 Å². The van der Waals surface area contributed by atoms with Crippen molar-refractivity contribution in [3.63, 3.8) is 0 Å². The van der Waals surface area contributed by atoms with E-state index in [2.05, 4.69) is 54.6 Å². The topological polar surface area (TPSA) is 26.3 Å². The Labute approximate surface area is 136 Å². The summed E-state index contributed by atoms with van der Waals surface area (Å²) in [6.07, 6.45) is 13.2. The molecule has 0 heterocycles. The highest BCUT2D eigenvalue weighted by Crippen LogP contribution is 2.32. The number of ether oxygens (including phenoxy) is 1. The summed E-state index contributed by atoms with van der Waals surface area (Å²) in [4.78, 5) is 11.5. The molecule has 0 amide bonds. The number of rotatable bonds is 4. The minimum absolute atomic E-state index is 0.117. The Morgan fingerprint density at radius 1 is 1.13 bits per heavy atom. The van der Waals surface area contributed by atoms with Crippen LogP contribution >= 0.6 is 0 Å². The Kier molecular flexibility index (Phi) is 4.72. The van der Waals surface area contributed by atoms with Gasteiger partial charge in [0, 0.05) is 17.9 Å². The summed E-state index contributed by atoms with van der Waals surface area (Å²) in [6, 6.07) is 14.8. The summed E-state index contributed by atoms with van der Waals surface area (Å²) in [5, 5.41) is 2.44. The Bertz CT molecular complexity index is 771. The molecular formula is C21H20O2. The second kappa shape index (κ2) is 7.10. The van der Waals surface area contributed by atoms with Crippen molar-refractivity contribution in [1.29, 1.82) is 0 Å². The minimum Gasteiger partial charge on any atom is -0.466 e. The predicted molar refractivity (Wildman–Crippen MR) is 94.2 cm³/mol. The molecule has 0 fully saturated rings. The number of hydrogen-bond acceptors (Lipinski definition) is 2. The fourth-order valence-electron chi connectivity index (χ4n) is 2.98. The van der Waals surface area contributed by atoms with Crippen LogP contribution in [0.2, 0.25) is 0 Å². The zero-order chi connectivity index (χ0) is 16.1. The van der Waals surface area contributed by atoms with Gasteiger partial charge in [-0.25, -0.2) is 4.79 Å². The lowest BCUT2D eigenvalue weighted by molar-refractivity contribution is -0.134. The summed E-state index contributed by atoms with van der Waals surface area (Å²) in [5.41, 5.74) is 1.20. The molecule has 2 aromatic carbocycles. The van der Waals surface area contributed by atoms with Crippen molar-refractivity contribution in [3.8, 4) is 0 Å². The summed E-state index contributed by atoms with van der Waals surface area (Å²) >= 11 is 0. The minimum atomic E-state index is -0.320. The third-order valence-corrected chi connectivity index (χ3v) is 4.20. The molecule has 0 saturated carbocycles. The van der Waals surface area contributed by atoms with Gasteiger partial charge in [-0.05, 0) is 22.8 Å². The first kappa shape index (κ1) is 15.3. The first-order valence-electron chi connectivity index (χ1n) is 7.86. The molecule has 2 nitrogen and oxygen atoms in total. The van der Waals surface area contributed by atoms with E-state index < -0.39 is 0 Å². The number of carbonyl (C=O) groups excluding carboxylic acids is 1. The first-order valence-corrected chi connectivity index (χ1v) is 7.86. The molecule has 0 radical (unpaired) electrons. The number of fused-ring (bicyclic) bond motifs is 1. The van der Waals surface area contributed by atoms with Gasteiger partial charge in [-0.1, -0.05) is 72.8 Å². The summed E-state index contributed by atoms with van der Waals surface area (Å²) in [5.74, 6) is 0.0527. The maximum atomic E-state index is 11.5. The average Bonchev–Trinajstić information content (AvgIpc) is 2.62. The van der Waals surface area contributed by atoms with Crippen LogP contribution in [0.3, 0.4) is 0 Å². The van der Waals surface area contributed by atoms with Gasteiger partial charge in [0.05, 0.1) is 7.11 Å². The van der Waals surface area contributed by atoms with Crippen LogP contribution < -0.4 is 0 Å². The molecule has 1 atom stereocenters. The average molecular weight is 304 g/mol. The van der Waals surface area contributed by atoms with Crippen molar-refractivity contribution in [1.82, 2.24) is 0 Å². The molecule has 0 aromatic heterocycles. The monoisotopic (exact) mass is 304 g/mol. The van der Waals surface area contributed by atoms with Crippen molar-refractivity contribution in [2.24, 2.45) is 5.92 Å². The summed E-state index contributed by atoms with van der Waals surface area (Å²) < 4.78 is 4.73. The van der Waals surface area contributed by atoms with Gasteiger partial charge in [0.1, 0.15) is 0 Å². The fourth-order valence-corrected chi connectivity index (χ4v) is 2.98. The molecule has 2 heteroatoms. The van der Waals surface area contributed by atoms with Gasteiger partial charge in [-0.3, -0.25) is 0 Å². The van der Waals surface area contributed by atoms with E-state index in [1.54, 1.807) is 0 Å². The quantitative estimate of drug-likeness (QED) is 0.461. The Morgan fingerprint density at radius 3 is 2.61 bits per heavy atom. The maximum absolute atomic E-state index is 11.5. The number of methoxy groups -OCH3 is 1. The highest BCUT2D eigenvalue weighted by molar-refractivity contribution is 5.84. The van der Waals surface area contributed by atoms with Crippen LogP contribution in [-0.4, -0.2) is 13.1 Å². The van der Waals surface area contributed by atoms with Crippen LogP contribution in [0.25, 0.3) is 10.8 Å². The largest absolute Gasteiger partial charge is 0.466 e. The van der Waals surface area contributed by atoms with Crippen LogP contribution in [0.4, 0.5) is 0 Å². The van der Waals surface area contributed by atoms with Gasteiger partial charge in [0.2, 0.25) is 0 Å². The molecule has 0 saturated heterocycles. The third-order valence-electron chi connectivity index (χ3n) is 4.20. The van der Waals surface area contributed by atoms with Crippen molar-refractivity contribution >= 4 is 16.7 Å². The van der Waals surface area contributed by atoms with E-state index >= 15 is 0 Å². The van der Waals surface area contributed by atoms with E-state index in [9.17, 15) is 4.79 Å².